The zero-order valence-corrected chi connectivity index (χ0v) is 10.8. The second-order valence-electron chi connectivity index (χ2n) is 2.46. The summed E-state index contributed by atoms with van der Waals surface area (Å²) in [5.74, 6) is 0. The Morgan fingerprint density at radius 3 is 2.92 bits per heavy atom. The van der Waals surface area contributed by atoms with E-state index in [1.54, 1.807) is 12.3 Å². The van der Waals surface area contributed by atoms with E-state index in [4.69, 9.17) is 11.6 Å². The third kappa shape index (κ3) is 1.94. The van der Waals surface area contributed by atoms with Gasteiger partial charge in [-0.3, -0.25) is 0 Å². The van der Waals surface area contributed by atoms with Crippen LogP contribution in [0.3, 0.4) is 0 Å². The summed E-state index contributed by atoms with van der Waals surface area (Å²) in [6, 6.07) is 3.74. The maximum atomic E-state index is 5.75. The van der Waals surface area contributed by atoms with Crippen LogP contribution in [-0.4, -0.2) is 9.97 Å². The first-order chi connectivity index (χ1) is 6.16. The van der Waals surface area contributed by atoms with Gasteiger partial charge in [0.25, 0.3) is 0 Å². The standard InChI is InChI=1S/C8H3BrClIN2/c9-5-1-4-3-12-7(10)2-6(4)13-8(5)11/h1-3H. The molecule has 0 saturated carbocycles. The molecule has 66 valence electrons. The number of rotatable bonds is 0. The van der Waals surface area contributed by atoms with Crippen LogP contribution >= 0.6 is 50.1 Å². The van der Waals surface area contributed by atoms with Gasteiger partial charge in [-0.25, -0.2) is 9.97 Å². The maximum absolute atomic E-state index is 5.75. The quantitative estimate of drug-likeness (QED) is 0.523. The molecule has 13 heavy (non-hydrogen) atoms. The Morgan fingerprint density at radius 1 is 1.38 bits per heavy atom. The molecule has 0 aliphatic rings. The fraction of sp³-hybridized carbons (Fsp3) is 0. The van der Waals surface area contributed by atoms with Crippen molar-refractivity contribution in [2.75, 3.05) is 0 Å². The van der Waals surface area contributed by atoms with E-state index in [0.717, 1.165) is 19.1 Å². The Labute approximate surface area is 102 Å². The lowest BCUT2D eigenvalue weighted by atomic mass is 10.3. The highest BCUT2D eigenvalue weighted by Gasteiger charge is 2.02. The number of pyridine rings is 2. The Hall–Kier alpha value is 0.0600. The van der Waals surface area contributed by atoms with Gasteiger partial charge in [0.2, 0.25) is 0 Å². The molecule has 0 atom stereocenters. The molecule has 2 heterocycles. The molecule has 0 aliphatic heterocycles. The van der Waals surface area contributed by atoms with E-state index in [2.05, 4.69) is 48.5 Å². The molecule has 0 aromatic carbocycles. The molecule has 0 spiro atoms. The average molecular weight is 369 g/mol. The maximum Gasteiger partial charge on any atom is 0.131 e. The van der Waals surface area contributed by atoms with Crippen LogP contribution in [0.1, 0.15) is 0 Å². The van der Waals surface area contributed by atoms with Gasteiger partial charge in [0.05, 0.1) is 9.99 Å². The lowest BCUT2D eigenvalue weighted by Gasteiger charge is -1.99. The number of aromatic nitrogens is 2. The van der Waals surface area contributed by atoms with Gasteiger partial charge in [-0.05, 0) is 44.6 Å². The number of fused-ring (bicyclic) bond motifs is 1. The van der Waals surface area contributed by atoms with E-state index < -0.39 is 0 Å². The zero-order valence-electron chi connectivity index (χ0n) is 6.26. The minimum absolute atomic E-state index is 0.470. The molecule has 0 unspecified atom stereocenters. The number of halogens is 3. The highest BCUT2D eigenvalue weighted by Crippen LogP contribution is 2.23. The SMILES string of the molecule is Clc1cc2nc(I)c(Br)cc2cn1. The molecule has 2 nitrogen and oxygen atoms in total. The Morgan fingerprint density at radius 2 is 2.15 bits per heavy atom. The Bertz CT molecular complexity index is 475. The van der Waals surface area contributed by atoms with Crippen molar-refractivity contribution in [3.8, 4) is 0 Å². The molecule has 2 rings (SSSR count). The first-order valence-electron chi connectivity index (χ1n) is 3.44. The van der Waals surface area contributed by atoms with Crippen LogP contribution in [0.2, 0.25) is 5.15 Å². The van der Waals surface area contributed by atoms with Crippen LogP contribution in [-0.2, 0) is 0 Å². The van der Waals surface area contributed by atoms with E-state index in [9.17, 15) is 0 Å². The number of hydrogen-bond acceptors (Lipinski definition) is 2. The summed E-state index contributed by atoms with van der Waals surface area (Å²) in [7, 11) is 0. The van der Waals surface area contributed by atoms with Crippen molar-refractivity contribution in [2.45, 2.75) is 0 Å². The molecule has 0 fully saturated rings. The van der Waals surface area contributed by atoms with Gasteiger partial charge in [-0.15, -0.1) is 0 Å². The minimum Gasteiger partial charge on any atom is -0.244 e. The van der Waals surface area contributed by atoms with Crippen molar-refractivity contribution in [3.63, 3.8) is 0 Å². The molecular weight excluding hydrogens is 366 g/mol. The molecule has 0 bridgehead atoms. The predicted octanol–water partition coefficient (Wildman–Crippen LogP) is 3.65. The van der Waals surface area contributed by atoms with Gasteiger partial charge >= 0.3 is 0 Å². The van der Waals surface area contributed by atoms with Crippen LogP contribution in [0.25, 0.3) is 10.9 Å². The highest BCUT2D eigenvalue weighted by atomic mass is 127. The summed E-state index contributed by atoms with van der Waals surface area (Å²) in [4.78, 5) is 8.33. The fourth-order valence-corrected chi connectivity index (χ4v) is 1.90. The Balaban J connectivity index is 2.81. The zero-order chi connectivity index (χ0) is 9.42. The molecule has 0 aliphatic carbocycles. The molecule has 0 saturated heterocycles. The summed E-state index contributed by atoms with van der Waals surface area (Å²) in [6.07, 6.45) is 1.71. The van der Waals surface area contributed by atoms with Gasteiger partial charge in [-0.1, -0.05) is 11.6 Å². The van der Waals surface area contributed by atoms with Gasteiger partial charge in [0.1, 0.15) is 8.85 Å². The van der Waals surface area contributed by atoms with E-state index in [1.165, 1.54) is 0 Å². The van der Waals surface area contributed by atoms with Crippen molar-refractivity contribution < 1.29 is 0 Å². The van der Waals surface area contributed by atoms with Crippen molar-refractivity contribution in [3.05, 3.63) is 31.7 Å². The minimum atomic E-state index is 0.470. The molecule has 0 radical (unpaired) electrons. The van der Waals surface area contributed by atoms with Crippen LogP contribution in [0.5, 0.6) is 0 Å². The van der Waals surface area contributed by atoms with E-state index in [-0.39, 0.29) is 0 Å². The molecule has 2 aromatic heterocycles. The van der Waals surface area contributed by atoms with Gasteiger partial charge in [-0.2, -0.15) is 0 Å². The largest absolute Gasteiger partial charge is 0.244 e. The van der Waals surface area contributed by atoms with Gasteiger partial charge < -0.3 is 0 Å². The lowest BCUT2D eigenvalue weighted by molar-refractivity contribution is 1.28. The molecule has 2 aromatic rings. The third-order valence-electron chi connectivity index (χ3n) is 1.58. The predicted molar refractivity (Wildman–Crippen MR) is 65.0 cm³/mol. The van der Waals surface area contributed by atoms with Gasteiger partial charge in [0, 0.05) is 17.6 Å². The molecule has 5 heteroatoms. The summed E-state index contributed by atoms with van der Waals surface area (Å²) in [6.45, 7) is 0. The number of hydrogen-bond donors (Lipinski definition) is 0. The van der Waals surface area contributed by atoms with Crippen LogP contribution < -0.4 is 0 Å². The van der Waals surface area contributed by atoms with Crippen LogP contribution in [0.15, 0.2) is 22.8 Å². The van der Waals surface area contributed by atoms with E-state index in [0.29, 0.717) is 5.15 Å². The van der Waals surface area contributed by atoms with Crippen LogP contribution in [0, 0.1) is 3.70 Å². The normalized spacial score (nSPS) is 10.7. The topological polar surface area (TPSA) is 25.8 Å². The first-order valence-corrected chi connectivity index (χ1v) is 5.69. The fourth-order valence-electron chi connectivity index (χ4n) is 0.994. The van der Waals surface area contributed by atoms with Crippen molar-refractivity contribution in [2.24, 2.45) is 0 Å². The number of nitrogens with zero attached hydrogens (tertiary/aromatic N) is 2. The smallest absolute Gasteiger partial charge is 0.131 e. The Kier molecular flexibility index (Phi) is 2.71. The summed E-state index contributed by atoms with van der Waals surface area (Å²) in [5.41, 5.74) is 0.868. The average Bonchev–Trinajstić information content (AvgIpc) is 2.08. The molecule has 0 N–H and O–H groups in total. The van der Waals surface area contributed by atoms with Gasteiger partial charge in [0.15, 0.2) is 0 Å². The van der Waals surface area contributed by atoms with Crippen molar-refractivity contribution in [1.82, 2.24) is 9.97 Å². The summed E-state index contributed by atoms with van der Waals surface area (Å²) >= 11 is 11.3. The highest BCUT2D eigenvalue weighted by molar-refractivity contribution is 14.1. The second-order valence-corrected chi connectivity index (χ2v) is 4.72. The summed E-state index contributed by atoms with van der Waals surface area (Å²) < 4.78 is 1.90. The summed E-state index contributed by atoms with van der Waals surface area (Å²) in [5, 5.41) is 1.45. The van der Waals surface area contributed by atoms with Crippen molar-refractivity contribution >= 4 is 61.0 Å². The van der Waals surface area contributed by atoms with E-state index in [1.807, 2.05) is 6.07 Å². The van der Waals surface area contributed by atoms with Crippen LogP contribution in [0.4, 0.5) is 0 Å². The second kappa shape index (κ2) is 3.67. The first kappa shape index (κ1) is 9.61. The van der Waals surface area contributed by atoms with E-state index >= 15 is 0 Å². The molecular formula is C8H3BrClIN2. The molecule has 0 amide bonds. The van der Waals surface area contributed by atoms with Crippen molar-refractivity contribution in [1.29, 1.82) is 0 Å². The third-order valence-corrected chi connectivity index (χ3v) is 3.95. The lowest BCUT2D eigenvalue weighted by Crippen LogP contribution is -1.86. The monoisotopic (exact) mass is 368 g/mol.